The first-order valence-electron chi connectivity index (χ1n) is 3.01. The average molecular weight is 197 g/mol. The lowest BCUT2D eigenvalue weighted by molar-refractivity contribution is -0.230. The molecule has 13 heavy (non-hydrogen) atoms. The van der Waals surface area contributed by atoms with Gasteiger partial charge in [0.15, 0.2) is 0 Å². The van der Waals surface area contributed by atoms with Crippen LogP contribution < -0.4 is 0 Å². The first-order valence-corrected chi connectivity index (χ1v) is 3.01. The first-order chi connectivity index (χ1) is 5.87. The van der Waals surface area contributed by atoms with Crippen LogP contribution in [0.3, 0.4) is 0 Å². The van der Waals surface area contributed by atoms with E-state index in [1.165, 1.54) is 0 Å². The second kappa shape index (κ2) is 3.92. The Labute approximate surface area is 71.5 Å². The van der Waals surface area contributed by atoms with E-state index in [-0.39, 0.29) is 4.90 Å². The number of hydrogen-bond donors (Lipinski definition) is 0. The molecule has 0 N–H and O–H groups in total. The number of rotatable bonds is 3. The highest BCUT2D eigenvalue weighted by molar-refractivity contribution is 5.84. The molecule has 0 bridgehead atoms. The van der Waals surface area contributed by atoms with Crippen molar-refractivity contribution >= 4 is 11.9 Å². The molecular weight excluding hydrogens is 191 g/mol. The van der Waals surface area contributed by atoms with E-state index in [2.05, 4.69) is 11.5 Å². The van der Waals surface area contributed by atoms with Crippen molar-refractivity contribution < 1.29 is 27.8 Å². The van der Waals surface area contributed by atoms with Gasteiger partial charge in [0.2, 0.25) is 5.91 Å². The summed E-state index contributed by atoms with van der Waals surface area (Å²) in [5.41, 5.74) is 0. The van der Waals surface area contributed by atoms with E-state index < -0.39 is 17.9 Å². The molecule has 74 valence electrons. The van der Waals surface area contributed by atoms with Crippen LogP contribution >= 0.6 is 0 Å². The molecule has 0 radical (unpaired) electrons. The second-order valence-electron chi connectivity index (χ2n) is 1.98. The summed E-state index contributed by atoms with van der Waals surface area (Å²) in [4.78, 5) is 22.6. The molecule has 0 aromatic carbocycles. The van der Waals surface area contributed by atoms with Gasteiger partial charge in [-0.05, 0) is 0 Å². The largest absolute Gasteiger partial charge is 0.440 e. The molecule has 0 atom stereocenters. The SMILES string of the molecule is C=CN(C(C)=O)C(F)(F)C(=O)OF. The molecule has 0 fully saturated rings. The van der Waals surface area contributed by atoms with Crippen LogP contribution in [-0.2, 0) is 14.5 Å². The number of hydrogen-bond acceptors (Lipinski definition) is 3. The van der Waals surface area contributed by atoms with Crippen molar-refractivity contribution in [2.75, 3.05) is 0 Å². The fourth-order valence-electron chi connectivity index (χ4n) is 0.586. The topological polar surface area (TPSA) is 46.6 Å². The Hall–Kier alpha value is -1.53. The van der Waals surface area contributed by atoms with Gasteiger partial charge in [-0.25, -0.2) is 14.6 Å². The van der Waals surface area contributed by atoms with E-state index in [9.17, 15) is 22.9 Å². The van der Waals surface area contributed by atoms with Crippen LogP contribution in [0.5, 0.6) is 0 Å². The smallest absolute Gasteiger partial charge is 0.275 e. The number of alkyl halides is 2. The van der Waals surface area contributed by atoms with E-state index in [1.807, 2.05) is 0 Å². The molecule has 0 rings (SSSR count). The molecule has 0 aliphatic carbocycles. The van der Waals surface area contributed by atoms with Crippen LogP contribution in [-0.4, -0.2) is 22.8 Å². The number of nitrogens with zero attached hydrogens (tertiary/aromatic N) is 1. The highest BCUT2D eigenvalue weighted by atomic mass is 19.3. The van der Waals surface area contributed by atoms with Crippen molar-refractivity contribution in [1.29, 1.82) is 0 Å². The molecule has 0 heterocycles. The molecule has 4 nitrogen and oxygen atoms in total. The number of carbonyl (C=O) groups excluding carboxylic acids is 2. The molecular formula is C6H6F3NO3. The highest BCUT2D eigenvalue weighted by Gasteiger charge is 2.49. The van der Waals surface area contributed by atoms with Gasteiger partial charge >= 0.3 is 12.0 Å². The third-order valence-electron chi connectivity index (χ3n) is 1.14. The summed E-state index contributed by atoms with van der Waals surface area (Å²) in [6, 6.07) is -4.37. The maximum atomic E-state index is 12.7. The Morgan fingerprint density at radius 3 is 2.23 bits per heavy atom. The molecule has 0 unspecified atom stereocenters. The Kier molecular flexibility index (Phi) is 3.46. The molecule has 0 saturated heterocycles. The van der Waals surface area contributed by atoms with Gasteiger partial charge in [-0.2, -0.15) is 8.78 Å². The Balaban J connectivity index is 4.87. The van der Waals surface area contributed by atoms with Gasteiger partial charge in [0.25, 0.3) is 0 Å². The fourth-order valence-corrected chi connectivity index (χ4v) is 0.586. The molecule has 0 saturated carbocycles. The van der Waals surface area contributed by atoms with Crippen LogP contribution in [0, 0.1) is 0 Å². The first kappa shape index (κ1) is 11.5. The van der Waals surface area contributed by atoms with Crippen molar-refractivity contribution in [2.45, 2.75) is 13.0 Å². The average Bonchev–Trinajstić information content (AvgIpc) is 2.02. The molecule has 0 aliphatic heterocycles. The maximum absolute atomic E-state index is 12.7. The van der Waals surface area contributed by atoms with E-state index in [1.54, 1.807) is 0 Å². The zero-order chi connectivity index (χ0) is 10.6. The third-order valence-corrected chi connectivity index (χ3v) is 1.14. The summed E-state index contributed by atoms with van der Waals surface area (Å²) in [6.45, 7) is 3.63. The summed E-state index contributed by atoms with van der Waals surface area (Å²) in [5, 5.41) is 0. The van der Waals surface area contributed by atoms with Crippen molar-refractivity contribution in [3.63, 3.8) is 0 Å². The quantitative estimate of drug-likeness (QED) is 0.634. The fraction of sp³-hybridized carbons (Fsp3) is 0.333. The van der Waals surface area contributed by atoms with Crippen molar-refractivity contribution in [2.24, 2.45) is 0 Å². The predicted molar refractivity (Wildman–Crippen MR) is 34.9 cm³/mol. The molecule has 1 amide bonds. The molecule has 0 aromatic rings. The molecule has 7 heteroatoms. The number of amides is 1. The van der Waals surface area contributed by atoms with E-state index in [0.717, 1.165) is 6.92 Å². The molecule has 0 aromatic heterocycles. The lowest BCUT2D eigenvalue weighted by Crippen LogP contribution is -2.47. The van der Waals surface area contributed by atoms with Crippen LogP contribution in [0.25, 0.3) is 0 Å². The van der Waals surface area contributed by atoms with E-state index >= 15 is 0 Å². The minimum Gasteiger partial charge on any atom is -0.275 e. The summed E-state index contributed by atoms with van der Waals surface area (Å²) in [7, 11) is 0. The van der Waals surface area contributed by atoms with Crippen LogP contribution in [0.4, 0.5) is 13.3 Å². The monoisotopic (exact) mass is 197 g/mol. The number of halogens is 3. The number of carbonyl (C=O) groups is 2. The predicted octanol–water partition coefficient (Wildman–Crippen LogP) is 0.999. The van der Waals surface area contributed by atoms with Crippen LogP contribution in [0.1, 0.15) is 6.92 Å². The van der Waals surface area contributed by atoms with Gasteiger partial charge < -0.3 is 0 Å². The zero-order valence-electron chi connectivity index (χ0n) is 6.59. The van der Waals surface area contributed by atoms with Gasteiger partial charge in [0.05, 0.1) is 0 Å². The standard InChI is InChI=1S/C6H6F3NO3/c1-3-10(4(2)11)6(7,8)5(12)13-9/h3H,1H2,2H3. The normalized spacial score (nSPS) is 10.5. The van der Waals surface area contributed by atoms with Gasteiger partial charge in [0, 0.05) is 17.6 Å². The van der Waals surface area contributed by atoms with Crippen molar-refractivity contribution in [3.05, 3.63) is 12.8 Å². The van der Waals surface area contributed by atoms with Crippen LogP contribution in [0.2, 0.25) is 0 Å². The summed E-state index contributed by atoms with van der Waals surface area (Å²) in [6.07, 6.45) is 0.402. The van der Waals surface area contributed by atoms with Gasteiger partial charge in [0.1, 0.15) is 0 Å². The molecule has 0 aliphatic rings. The Morgan fingerprint density at radius 1 is 1.54 bits per heavy atom. The maximum Gasteiger partial charge on any atom is 0.440 e. The second-order valence-corrected chi connectivity index (χ2v) is 1.98. The minimum atomic E-state index is -4.37. The highest BCUT2D eigenvalue weighted by Crippen LogP contribution is 2.22. The van der Waals surface area contributed by atoms with Crippen LogP contribution in [0.15, 0.2) is 12.8 Å². The lowest BCUT2D eigenvalue weighted by Gasteiger charge is -2.22. The summed E-state index contributed by atoms with van der Waals surface area (Å²) < 4.78 is 36.4. The Bertz CT molecular complexity index is 241. The minimum absolute atomic E-state index is 0.338. The molecule has 0 spiro atoms. The van der Waals surface area contributed by atoms with Gasteiger partial charge in [-0.15, -0.1) is 0 Å². The van der Waals surface area contributed by atoms with E-state index in [4.69, 9.17) is 0 Å². The van der Waals surface area contributed by atoms with E-state index in [0.29, 0.717) is 6.20 Å². The van der Waals surface area contributed by atoms with Crippen molar-refractivity contribution in [3.8, 4) is 0 Å². The lowest BCUT2D eigenvalue weighted by atomic mass is 10.4. The summed E-state index contributed by atoms with van der Waals surface area (Å²) in [5.74, 6) is -3.63. The summed E-state index contributed by atoms with van der Waals surface area (Å²) >= 11 is 0. The van der Waals surface area contributed by atoms with Gasteiger partial charge in [-0.3, -0.25) is 4.79 Å². The zero-order valence-corrected chi connectivity index (χ0v) is 6.59. The van der Waals surface area contributed by atoms with Crippen molar-refractivity contribution in [1.82, 2.24) is 4.90 Å². The van der Waals surface area contributed by atoms with Gasteiger partial charge in [-0.1, -0.05) is 6.58 Å². The third kappa shape index (κ3) is 2.20. The Morgan fingerprint density at radius 2 is 2.00 bits per heavy atom.